The zero-order valence-electron chi connectivity index (χ0n) is 33.5. The van der Waals surface area contributed by atoms with Gasteiger partial charge in [-0.1, -0.05) is 25.0 Å². The molecule has 4 heterocycles. The maximum atomic E-state index is 14.8. The lowest BCUT2D eigenvalue weighted by Gasteiger charge is -2.39. The molecule has 15 nitrogen and oxygen atoms in total. The van der Waals surface area contributed by atoms with E-state index in [0.717, 1.165) is 4.90 Å². The number of aliphatic hydroxyl groups excluding tert-OH is 1. The van der Waals surface area contributed by atoms with Gasteiger partial charge in [-0.15, -0.1) is 0 Å². The van der Waals surface area contributed by atoms with Crippen LogP contribution in [0.15, 0.2) is 30.4 Å². The molecule has 0 bridgehead atoms. The predicted molar refractivity (Wildman–Crippen MR) is 205 cm³/mol. The second-order valence-corrected chi connectivity index (χ2v) is 19.9. The predicted octanol–water partition coefficient (Wildman–Crippen LogP) is 4.70. The minimum atomic E-state index is -5.05. The first-order valence-electron chi connectivity index (χ1n) is 19.8. The number of hydrogen-bond acceptors (Lipinski definition) is 11. The zero-order chi connectivity index (χ0) is 42.9. The molecule has 1 aromatic carbocycles. The van der Waals surface area contributed by atoms with Crippen LogP contribution in [-0.2, 0) is 35.3 Å². The van der Waals surface area contributed by atoms with Crippen molar-refractivity contribution in [2.75, 3.05) is 13.7 Å². The van der Waals surface area contributed by atoms with Crippen molar-refractivity contribution in [3.05, 3.63) is 41.6 Å². The van der Waals surface area contributed by atoms with Gasteiger partial charge >= 0.3 is 12.3 Å². The Bertz CT molecular complexity index is 2210. The number of carbonyl (C=O) groups is 4. The number of benzene rings is 1. The number of nitrogens with zero attached hydrogens (tertiary/aromatic N) is 2. The minimum absolute atomic E-state index is 0.0433. The van der Waals surface area contributed by atoms with Gasteiger partial charge in [0.2, 0.25) is 21.8 Å². The fraction of sp³-hybridized carbons (Fsp3) is 0.625. The molecule has 19 heteroatoms. The number of nitrogens with one attached hydrogen (secondary N) is 3. The molecule has 0 unspecified atom stereocenters. The molecule has 2 aromatic rings. The third-order valence-electron chi connectivity index (χ3n) is 12.0. The third kappa shape index (κ3) is 8.28. The SMILES string of the molecule is COc1ccc2nc(C(F)(F)F)c3c(c2c1)[C@H](O)C[C@]1(C[C@H]2C(=O)N[C@]4(C(=O)NS(=O)(=O)C5(C)CC5)C[C@H]4/C=C\CCCCC[C@H](NC(=O)OC(C)(C)C)C(=O)N2C1)O3. The highest BCUT2D eigenvalue weighted by molar-refractivity contribution is 7.91. The molecule has 2 saturated carbocycles. The maximum Gasteiger partial charge on any atom is 0.437 e. The number of carbonyl (C=O) groups excluding carboxylic acids is 4. The summed E-state index contributed by atoms with van der Waals surface area (Å²) in [5.41, 5.74) is -6.14. The Kier molecular flexibility index (Phi) is 10.7. The van der Waals surface area contributed by atoms with E-state index in [1.54, 1.807) is 26.8 Å². The molecule has 4 amide bonds. The molecule has 1 aromatic heterocycles. The van der Waals surface area contributed by atoms with Crippen LogP contribution in [0.1, 0.15) is 109 Å². The molecule has 0 radical (unpaired) electrons. The molecule has 322 valence electrons. The quantitative estimate of drug-likeness (QED) is 0.304. The van der Waals surface area contributed by atoms with Crippen LogP contribution in [-0.4, -0.2) is 94.4 Å². The Morgan fingerprint density at radius 2 is 1.81 bits per heavy atom. The van der Waals surface area contributed by atoms with Gasteiger partial charge in [0.15, 0.2) is 11.4 Å². The van der Waals surface area contributed by atoms with Crippen LogP contribution in [0.5, 0.6) is 11.5 Å². The number of aromatic nitrogens is 1. The summed E-state index contributed by atoms with van der Waals surface area (Å²) in [5.74, 6) is -3.70. The highest BCUT2D eigenvalue weighted by Gasteiger charge is 2.64. The van der Waals surface area contributed by atoms with Crippen molar-refractivity contribution in [3.63, 3.8) is 0 Å². The summed E-state index contributed by atoms with van der Waals surface area (Å²) in [6.45, 7) is 5.93. The molecule has 5 aliphatic rings. The Balaban J connectivity index is 1.29. The van der Waals surface area contributed by atoms with Crippen molar-refractivity contribution >= 4 is 44.7 Å². The van der Waals surface area contributed by atoms with E-state index >= 15 is 0 Å². The summed E-state index contributed by atoms with van der Waals surface area (Å²) >= 11 is 0. The van der Waals surface area contributed by atoms with Crippen molar-refractivity contribution in [1.82, 2.24) is 25.2 Å². The molecule has 3 fully saturated rings. The summed E-state index contributed by atoms with van der Waals surface area (Å²) in [4.78, 5) is 61.4. The van der Waals surface area contributed by atoms with Gasteiger partial charge < -0.3 is 34.9 Å². The Labute approximate surface area is 339 Å². The molecule has 59 heavy (non-hydrogen) atoms. The van der Waals surface area contributed by atoms with Gasteiger partial charge in [0, 0.05) is 29.7 Å². The summed E-state index contributed by atoms with van der Waals surface area (Å²) in [7, 11) is -2.75. The topological polar surface area (TPSA) is 203 Å². The van der Waals surface area contributed by atoms with E-state index < -0.39 is 110 Å². The van der Waals surface area contributed by atoms with Crippen LogP contribution in [0.3, 0.4) is 0 Å². The number of aliphatic hydroxyl groups is 1. The highest BCUT2D eigenvalue weighted by atomic mass is 32.2. The summed E-state index contributed by atoms with van der Waals surface area (Å²) in [6, 6.07) is 1.43. The van der Waals surface area contributed by atoms with Crippen molar-refractivity contribution in [1.29, 1.82) is 0 Å². The van der Waals surface area contributed by atoms with E-state index in [9.17, 15) is 45.9 Å². The first-order valence-corrected chi connectivity index (χ1v) is 21.3. The molecular weight excluding hydrogens is 800 g/mol. The van der Waals surface area contributed by atoms with E-state index in [0.29, 0.717) is 38.5 Å². The molecular formula is C40H50F3N5O10S. The van der Waals surface area contributed by atoms with Crippen LogP contribution in [0, 0.1) is 5.92 Å². The standard InChI is InChI=1S/C40H50F3N5O10S/c1-36(2,3)58-35(53)45-26-12-10-8-6-7-9-11-22-18-39(22,34(52)47-59(54,55)37(4)15-16-37)46-32(50)27-19-38(21-48(27)33(26)51)20-28(49)29-24-17-23(56-5)13-14-25(24)44-31(30(29)57-38)40(41,42)43/h9,11,13-14,17,22,26-28,49H,6-8,10,12,15-16,18-21H2,1-5H3,(H,45,53)(H,46,50)(H,47,52)/b11-9-/t22-,26+,27+,28-,38+,39-/m1/s1. The van der Waals surface area contributed by atoms with Crippen LogP contribution in [0.25, 0.3) is 10.9 Å². The van der Waals surface area contributed by atoms with Crippen LogP contribution < -0.4 is 24.8 Å². The second-order valence-electron chi connectivity index (χ2n) is 17.7. The number of methoxy groups -OCH3 is 1. The van der Waals surface area contributed by atoms with Crippen molar-refractivity contribution < 1.29 is 60.1 Å². The van der Waals surface area contributed by atoms with Gasteiger partial charge in [-0.2, -0.15) is 13.2 Å². The smallest absolute Gasteiger partial charge is 0.437 e. The van der Waals surface area contributed by atoms with Crippen molar-refractivity contribution in [3.8, 4) is 11.5 Å². The number of amides is 4. The van der Waals surface area contributed by atoms with Crippen LogP contribution >= 0.6 is 0 Å². The number of sulfonamides is 1. The van der Waals surface area contributed by atoms with Gasteiger partial charge in [-0.3, -0.25) is 19.1 Å². The van der Waals surface area contributed by atoms with E-state index in [1.807, 2.05) is 6.08 Å². The minimum Gasteiger partial charge on any atom is -0.497 e. The molecule has 1 saturated heterocycles. The van der Waals surface area contributed by atoms with E-state index in [-0.39, 0.29) is 41.5 Å². The van der Waals surface area contributed by atoms with E-state index in [4.69, 9.17) is 14.2 Å². The third-order valence-corrected chi connectivity index (χ3v) is 14.1. The average Bonchev–Trinajstić information content (AvgIpc) is 4.03. The molecule has 4 N–H and O–H groups in total. The van der Waals surface area contributed by atoms with Gasteiger partial charge in [0.25, 0.3) is 5.91 Å². The highest BCUT2D eigenvalue weighted by Crippen LogP contribution is 2.53. The summed E-state index contributed by atoms with van der Waals surface area (Å²) < 4.78 is 88.8. The molecule has 1 spiro atoms. The molecule has 7 rings (SSSR count). The molecule has 6 atom stereocenters. The number of allylic oxidation sites excluding steroid dienone is 1. The summed E-state index contributed by atoms with van der Waals surface area (Å²) in [6.07, 6.45) is -1.56. The number of hydrogen-bond donors (Lipinski definition) is 4. The van der Waals surface area contributed by atoms with Gasteiger partial charge in [0.05, 0.1) is 30.0 Å². The number of rotatable bonds is 5. The lowest BCUT2D eigenvalue weighted by Crippen LogP contribution is -2.58. The first kappa shape index (κ1) is 42.5. The lowest BCUT2D eigenvalue weighted by molar-refractivity contribution is -0.145. The van der Waals surface area contributed by atoms with Crippen molar-refractivity contribution in [2.24, 2.45) is 5.92 Å². The van der Waals surface area contributed by atoms with Crippen LogP contribution in [0.4, 0.5) is 18.0 Å². The van der Waals surface area contributed by atoms with Crippen LogP contribution in [0.2, 0.25) is 0 Å². The Hall–Kier alpha value is -4.65. The fourth-order valence-corrected chi connectivity index (χ4v) is 9.68. The second kappa shape index (κ2) is 14.8. The maximum absolute atomic E-state index is 14.8. The number of halogens is 3. The van der Waals surface area contributed by atoms with Gasteiger partial charge in [0.1, 0.15) is 34.6 Å². The molecule has 2 aliphatic carbocycles. The Morgan fingerprint density at radius 1 is 1.08 bits per heavy atom. The van der Waals surface area contributed by atoms with E-state index in [1.165, 1.54) is 32.2 Å². The summed E-state index contributed by atoms with van der Waals surface area (Å²) in [5, 5.41) is 17.3. The number of fused-ring (bicyclic) bond motifs is 5. The normalized spacial score (nSPS) is 30.0. The monoisotopic (exact) mass is 849 g/mol. The molecule has 3 aliphatic heterocycles. The first-order chi connectivity index (χ1) is 27.5. The zero-order valence-corrected chi connectivity index (χ0v) is 34.3. The number of ether oxygens (including phenoxy) is 3. The lowest BCUT2D eigenvalue weighted by atomic mass is 9.85. The number of alkyl halides is 3. The van der Waals surface area contributed by atoms with Crippen molar-refractivity contribution in [2.45, 2.75) is 138 Å². The Morgan fingerprint density at radius 3 is 2.47 bits per heavy atom. The number of alkyl carbamates (subject to hydrolysis) is 1. The number of pyridine rings is 1. The van der Waals surface area contributed by atoms with E-state index in [2.05, 4.69) is 20.3 Å². The fourth-order valence-electron chi connectivity index (χ4n) is 8.37. The average molecular weight is 850 g/mol. The van der Waals surface area contributed by atoms with Gasteiger partial charge in [-0.25, -0.2) is 18.2 Å². The van der Waals surface area contributed by atoms with Gasteiger partial charge in [-0.05, 0) is 84.4 Å². The largest absolute Gasteiger partial charge is 0.497 e.